The van der Waals surface area contributed by atoms with Gasteiger partial charge in [0, 0.05) is 0 Å². The number of hydrogen-bond donors (Lipinski definition) is 2. The van der Waals surface area contributed by atoms with Crippen LogP contribution < -0.4 is 0 Å². The largest absolute Gasteiger partial charge is 0.508 e. The second-order valence-electron chi connectivity index (χ2n) is 8.75. The van der Waals surface area contributed by atoms with E-state index < -0.39 is 6.10 Å². The van der Waals surface area contributed by atoms with Crippen LogP contribution in [0.1, 0.15) is 49.1 Å². The maximum Gasteiger partial charge on any atom is 0.123 e. The average molecular weight is 404 g/mol. The van der Waals surface area contributed by atoms with Gasteiger partial charge in [0.05, 0.1) is 23.7 Å². The normalized spacial score (nSPS) is 24.0. The highest BCUT2D eigenvalue weighted by molar-refractivity contribution is 5.61. The van der Waals surface area contributed by atoms with E-state index in [1.807, 2.05) is 16.9 Å². The van der Waals surface area contributed by atoms with Crippen molar-refractivity contribution in [1.82, 2.24) is 9.78 Å². The lowest BCUT2D eigenvalue weighted by atomic mass is 9.57. The van der Waals surface area contributed by atoms with Crippen molar-refractivity contribution in [2.45, 2.75) is 38.7 Å². The second-order valence-corrected chi connectivity index (χ2v) is 8.75. The molecule has 1 saturated carbocycles. The third-order valence-electron chi connectivity index (χ3n) is 6.93. The van der Waals surface area contributed by atoms with Crippen molar-refractivity contribution in [2.75, 3.05) is 0 Å². The highest BCUT2D eigenvalue weighted by Gasteiger charge is 2.46. The Labute approximate surface area is 175 Å². The Morgan fingerprint density at radius 2 is 2.00 bits per heavy atom. The molecule has 1 heterocycles. The number of aliphatic hydroxyl groups excluding tert-OH is 1. The minimum Gasteiger partial charge on any atom is -0.508 e. The van der Waals surface area contributed by atoms with E-state index in [0.29, 0.717) is 0 Å². The Bertz CT molecular complexity index is 1120. The summed E-state index contributed by atoms with van der Waals surface area (Å²) in [7, 11) is 0. The van der Waals surface area contributed by atoms with Gasteiger partial charge in [-0.25, -0.2) is 9.07 Å². The van der Waals surface area contributed by atoms with Crippen molar-refractivity contribution in [2.24, 2.45) is 11.3 Å². The number of nitrogens with zero attached hydrogens (tertiary/aromatic N) is 2. The molecule has 0 saturated heterocycles. The molecule has 1 aromatic heterocycles. The highest BCUT2D eigenvalue weighted by Crippen LogP contribution is 2.54. The SMILES string of the molecule is C[C@]12Cc3cnn(-c4ccc(F)cc4)c3C=C1CCCC2C(O)c1cccc(O)c1. The highest BCUT2D eigenvalue weighted by atomic mass is 19.1. The lowest BCUT2D eigenvalue weighted by molar-refractivity contribution is 0.0216. The van der Waals surface area contributed by atoms with Crippen LogP contribution in [0, 0.1) is 17.2 Å². The molecule has 3 aromatic rings. The van der Waals surface area contributed by atoms with Crippen molar-refractivity contribution in [3.8, 4) is 11.4 Å². The van der Waals surface area contributed by atoms with Gasteiger partial charge in [-0.3, -0.25) is 0 Å². The van der Waals surface area contributed by atoms with Crippen LogP contribution in [-0.4, -0.2) is 20.0 Å². The molecule has 30 heavy (non-hydrogen) atoms. The third-order valence-corrected chi connectivity index (χ3v) is 6.93. The number of benzene rings is 2. The van der Waals surface area contributed by atoms with Crippen molar-refractivity contribution in [3.63, 3.8) is 0 Å². The fourth-order valence-electron chi connectivity index (χ4n) is 5.31. The zero-order chi connectivity index (χ0) is 20.9. The number of halogens is 1. The van der Waals surface area contributed by atoms with Crippen LogP contribution in [-0.2, 0) is 6.42 Å². The monoisotopic (exact) mass is 404 g/mol. The number of aliphatic hydroxyl groups is 1. The molecule has 2 aliphatic carbocycles. The van der Waals surface area contributed by atoms with Gasteiger partial charge in [0.1, 0.15) is 11.6 Å². The van der Waals surface area contributed by atoms with Crippen molar-refractivity contribution < 1.29 is 14.6 Å². The first kappa shape index (κ1) is 19.1. The van der Waals surface area contributed by atoms with Gasteiger partial charge >= 0.3 is 0 Å². The standard InChI is InChI=1S/C25H25FN2O2/c1-25-14-17-15-27-28(20-10-8-19(26)9-11-20)23(17)13-18(25)5-3-7-22(25)24(30)16-4-2-6-21(29)12-16/h2,4,6,8-13,15,22,24,29-30H,3,5,7,14H2,1H3/t22?,24?,25-/m0/s1. The average Bonchev–Trinajstić information content (AvgIpc) is 3.13. The van der Waals surface area contributed by atoms with Gasteiger partial charge in [-0.05, 0) is 90.6 Å². The molecule has 0 radical (unpaired) electrons. The number of aromatic nitrogens is 2. The molecule has 154 valence electrons. The minimum atomic E-state index is -0.639. The van der Waals surface area contributed by atoms with E-state index in [1.165, 1.54) is 17.7 Å². The first-order valence-corrected chi connectivity index (χ1v) is 10.5. The molecule has 5 heteroatoms. The molecule has 2 aliphatic rings. The van der Waals surface area contributed by atoms with E-state index in [1.54, 1.807) is 30.3 Å². The van der Waals surface area contributed by atoms with Gasteiger partial charge in [0.2, 0.25) is 0 Å². The summed E-state index contributed by atoms with van der Waals surface area (Å²) in [5.41, 5.74) is 4.93. The van der Waals surface area contributed by atoms with Gasteiger partial charge in [0.25, 0.3) is 0 Å². The van der Waals surface area contributed by atoms with E-state index in [9.17, 15) is 14.6 Å². The van der Waals surface area contributed by atoms with Crippen molar-refractivity contribution >= 4 is 6.08 Å². The van der Waals surface area contributed by atoms with Gasteiger partial charge in [-0.15, -0.1) is 0 Å². The minimum absolute atomic E-state index is 0.0571. The molecule has 3 atom stereocenters. The van der Waals surface area contributed by atoms with Crippen molar-refractivity contribution in [1.29, 1.82) is 0 Å². The topological polar surface area (TPSA) is 58.3 Å². The Kier molecular flexibility index (Phi) is 4.51. The van der Waals surface area contributed by atoms with Gasteiger partial charge in [0.15, 0.2) is 0 Å². The Hall–Kier alpha value is -2.92. The third kappa shape index (κ3) is 3.05. The Morgan fingerprint density at radius 1 is 1.20 bits per heavy atom. The molecule has 2 N–H and O–H groups in total. The van der Waals surface area contributed by atoms with Crippen LogP contribution in [0.3, 0.4) is 0 Å². The van der Waals surface area contributed by atoms with Gasteiger partial charge < -0.3 is 10.2 Å². The number of aromatic hydroxyl groups is 1. The van der Waals surface area contributed by atoms with Crippen LogP contribution in [0.15, 0.2) is 60.3 Å². The summed E-state index contributed by atoms with van der Waals surface area (Å²) >= 11 is 0. The van der Waals surface area contributed by atoms with E-state index in [0.717, 1.165) is 48.2 Å². The van der Waals surface area contributed by atoms with Crippen LogP contribution >= 0.6 is 0 Å². The molecule has 0 amide bonds. The fraction of sp³-hybridized carbons (Fsp3) is 0.320. The quantitative estimate of drug-likeness (QED) is 0.631. The molecule has 1 fully saturated rings. The lowest BCUT2D eigenvalue weighted by Gasteiger charge is -2.47. The summed E-state index contributed by atoms with van der Waals surface area (Å²) < 4.78 is 15.2. The summed E-state index contributed by atoms with van der Waals surface area (Å²) in [6.07, 6.45) is 7.22. The van der Waals surface area contributed by atoms with Crippen LogP contribution in [0.5, 0.6) is 5.75 Å². The zero-order valence-corrected chi connectivity index (χ0v) is 16.9. The number of rotatable bonds is 3. The summed E-state index contributed by atoms with van der Waals surface area (Å²) in [4.78, 5) is 0. The van der Waals surface area contributed by atoms with Gasteiger partial charge in [-0.1, -0.05) is 24.6 Å². The summed E-state index contributed by atoms with van der Waals surface area (Å²) in [5.74, 6) is -0.0295. The maximum absolute atomic E-state index is 13.3. The van der Waals surface area contributed by atoms with E-state index >= 15 is 0 Å². The maximum atomic E-state index is 13.3. The van der Waals surface area contributed by atoms with E-state index in [2.05, 4.69) is 18.1 Å². The Morgan fingerprint density at radius 3 is 2.77 bits per heavy atom. The van der Waals surface area contributed by atoms with Crippen molar-refractivity contribution in [3.05, 3.63) is 82.9 Å². The van der Waals surface area contributed by atoms with Crippen LogP contribution in [0.4, 0.5) is 4.39 Å². The summed E-state index contributed by atoms with van der Waals surface area (Å²) in [5, 5.41) is 25.7. The first-order valence-electron chi connectivity index (χ1n) is 10.5. The molecule has 4 nitrogen and oxygen atoms in total. The molecule has 5 rings (SSSR count). The van der Waals surface area contributed by atoms with Crippen LogP contribution in [0.2, 0.25) is 0 Å². The molecule has 0 bridgehead atoms. The fourth-order valence-corrected chi connectivity index (χ4v) is 5.31. The molecule has 0 spiro atoms. The van der Waals surface area contributed by atoms with E-state index in [-0.39, 0.29) is 22.9 Å². The molecule has 2 unspecified atom stereocenters. The predicted molar refractivity (Wildman–Crippen MR) is 114 cm³/mol. The number of hydrogen-bond acceptors (Lipinski definition) is 3. The van der Waals surface area contributed by atoms with E-state index in [4.69, 9.17) is 0 Å². The number of phenols is 1. The number of fused-ring (bicyclic) bond motifs is 2. The molecule has 0 aliphatic heterocycles. The first-order chi connectivity index (χ1) is 14.5. The number of phenolic OH excluding ortho intramolecular Hbond substituents is 1. The smallest absolute Gasteiger partial charge is 0.123 e. The number of allylic oxidation sites excluding steroid dienone is 1. The predicted octanol–water partition coefficient (Wildman–Crippen LogP) is 5.20. The molecule has 2 aromatic carbocycles. The van der Waals surface area contributed by atoms with Gasteiger partial charge in [-0.2, -0.15) is 5.10 Å². The molecular formula is C25H25FN2O2. The Balaban J connectivity index is 1.52. The second kappa shape index (κ2) is 7.10. The lowest BCUT2D eigenvalue weighted by Crippen LogP contribution is -2.40. The zero-order valence-electron chi connectivity index (χ0n) is 16.9. The van der Waals surface area contributed by atoms with Crippen LogP contribution in [0.25, 0.3) is 11.8 Å². The summed E-state index contributed by atoms with van der Waals surface area (Å²) in [6.45, 7) is 2.24. The summed E-state index contributed by atoms with van der Waals surface area (Å²) in [6, 6.07) is 13.3. The molecular weight excluding hydrogens is 379 g/mol.